The Morgan fingerprint density at radius 3 is 2.44 bits per heavy atom. The number of nitrogens with zero attached hydrogens (tertiary/aromatic N) is 5. The van der Waals surface area contributed by atoms with Gasteiger partial charge < -0.3 is 25.8 Å². The van der Waals surface area contributed by atoms with Crippen molar-refractivity contribution < 1.29 is 9.59 Å². The Labute approximate surface area is 269 Å². The normalized spacial score (nSPS) is 20.5. The largest absolute Gasteiger partial charge is 0.370 e. The Morgan fingerprint density at radius 2 is 1.73 bits per heavy atom. The smallest absolute Gasteiger partial charge is 0.240 e. The predicted molar refractivity (Wildman–Crippen MR) is 181 cm³/mol. The molecule has 0 bridgehead atoms. The summed E-state index contributed by atoms with van der Waals surface area (Å²) in [6.07, 6.45) is 8.60. The summed E-state index contributed by atoms with van der Waals surface area (Å²) in [4.78, 5) is 41.1. The molecule has 3 fully saturated rings. The molecule has 4 heterocycles. The van der Waals surface area contributed by atoms with Gasteiger partial charge in [0.05, 0.1) is 12.1 Å². The minimum Gasteiger partial charge on any atom is -0.370 e. The van der Waals surface area contributed by atoms with Gasteiger partial charge in [-0.25, -0.2) is 9.97 Å². The van der Waals surface area contributed by atoms with Gasteiger partial charge in [-0.1, -0.05) is 46.2 Å². The minimum atomic E-state index is -0.238. The lowest BCUT2D eigenvalue weighted by atomic mass is 9.82. The Morgan fingerprint density at radius 1 is 1.00 bits per heavy atom. The third kappa shape index (κ3) is 9.08. The van der Waals surface area contributed by atoms with Crippen molar-refractivity contribution in [1.82, 2.24) is 25.5 Å². The van der Waals surface area contributed by atoms with Gasteiger partial charge >= 0.3 is 0 Å². The highest BCUT2D eigenvalue weighted by Gasteiger charge is 2.41. The van der Waals surface area contributed by atoms with Crippen LogP contribution in [0.4, 0.5) is 17.3 Å². The number of likely N-dealkylation sites (tertiary alicyclic amines) is 1. The third-order valence-corrected chi connectivity index (χ3v) is 9.98. The van der Waals surface area contributed by atoms with Crippen LogP contribution in [0.5, 0.6) is 0 Å². The molecule has 0 aliphatic carbocycles. The molecule has 246 valence electrons. The summed E-state index contributed by atoms with van der Waals surface area (Å²) in [5.74, 6) is 1.98. The first-order valence-electron chi connectivity index (χ1n) is 17.1. The molecule has 3 aliphatic rings. The molecule has 10 heteroatoms. The highest BCUT2D eigenvalue weighted by Crippen LogP contribution is 2.32. The number of piperazine rings is 1. The molecule has 1 aromatic heterocycles. The number of amides is 2. The Hall–Kier alpha value is -3.40. The van der Waals surface area contributed by atoms with Crippen LogP contribution < -0.4 is 25.8 Å². The molecule has 0 radical (unpaired) electrons. The zero-order chi connectivity index (χ0) is 31.9. The quantitative estimate of drug-likeness (QED) is 0.300. The van der Waals surface area contributed by atoms with Crippen LogP contribution in [0.25, 0.3) is 0 Å². The predicted octanol–water partition coefficient (Wildman–Crippen LogP) is 4.43. The maximum atomic E-state index is 12.9. The average Bonchev–Trinajstić information content (AvgIpc) is 3.02. The number of carbonyl (C=O) groups is 2. The van der Waals surface area contributed by atoms with Crippen molar-refractivity contribution in [2.24, 2.45) is 11.3 Å². The molecule has 3 saturated heterocycles. The van der Waals surface area contributed by atoms with Crippen molar-refractivity contribution in [3.8, 4) is 0 Å². The SMILES string of the molecule is CCCC(C)C(=O)NCCCNc1cc(N2CCC3(CC2)CN(c2ccc(CN4CCC(C)(C)CC4)cc2)CC(=O)N3)ncn1. The third-order valence-electron chi connectivity index (χ3n) is 9.98. The maximum absolute atomic E-state index is 12.9. The van der Waals surface area contributed by atoms with Crippen molar-refractivity contribution in [2.75, 3.05) is 67.5 Å². The topological polar surface area (TPSA) is 106 Å². The summed E-state index contributed by atoms with van der Waals surface area (Å²) in [5, 5.41) is 9.76. The number of hydrogen-bond donors (Lipinski definition) is 3. The molecule has 1 aromatic carbocycles. The maximum Gasteiger partial charge on any atom is 0.240 e. The summed E-state index contributed by atoms with van der Waals surface area (Å²) in [7, 11) is 0. The van der Waals surface area contributed by atoms with E-state index >= 15 is 0 Å². The molecule has 1 atom stereocenters. The summed E-state index contributed by atoms with van der Waals surface area (Å²) in [6, 6.07) is 10.9. The van der Waals surface area contributed by atoms with E-state index in [-0.39, 0.29) is 23.3 Å². The van der Waals surface area contributed by atoms with E-state index < -0.39 is 0 Å². The van der Waals surface area contributed by atoms with Crippen molar-refractivity contribution in [3.63, 3.8) is 0 Å². The van der Waals surface area contributed by atoms with Gasteiger partial charge in [-0.2, -0.15) is 0 Å². The van der Waals surface area contributed by atoms with Crippen LogP contribution in [0.15, 0.2) is 36.7 Å². The first kappa shape index (κ1) is 33.0. The van der Waals surface area contributed by atoms with E-state index in [9.17, 15) is 9.59 Å². The fraction of sp³-hybridized carbons (Fsp3) is 0.657. The fourth-order valence-electron chi connectivity index (χ4n) is 6.86. The molecule has 3 N–H and O–H groups in total. The number of rotatable bonds is 12. The monoisotopic (exact) mass is 618 g/mol. The number of aromatic nitrogens is 2. The van der Waals surface area contributed by atoms with E-state index in [4.69, 9.17) is 0 Å². The van der Waals surface area contributed by atoms with Crippen LogP contribution in [-0.2, 0) is 16.1 Å². The standard InChI is InChI=1S/C35H54N8O2/c1-5-7-27(2)33(45)37-17-6-16-36-30-22-31(39-26-38-30)42-20-14-35(15-21-42)25-43(24-32(44)40-35)29-10-8-28(9-11-29)23-41-18-12-34(3,4)13-19-41/h8-11,22,26-27H,5-7,12-21,23-25H2,1-4H3,(H,37,45)(H,40,44)(H,36,38,39). The summed E-state index contributed by atoms with van der Waals surface area (Å²) in [6.45, 7) is 16.4. The van der Waals surface area contributed by atoms with E-state index in [2.05, 4.69) is 85.7 Å². The van der Waals surface area contributed by atoms with E-state index in [0.29, 0.717) is 18.5 Å². The average molecular weight is 619 g/mol. The lowest BCUT2D eigenvalue weighted by Crippen LogP contribution is -2.66. The second-order valence-corrected chi connectivity index (χ2v) is 14.3. The zero-order valence-electron chi connectivity index (χ0n) is 27.9. The Bertz CT molecular complexity index is 1260. The van der Waals surface area contributed by atoms with Crippen molar-refractivity contribution in [1.29, 1.82) is 0 Å². The Balaban J connectivity index is 1.09. The lowest BCUT2D eigenvalue weighted by Gasteiger charge is -2.48. The van der Waals surface area contributed by atoms with Gasteiger partial charge in [0.15, 0.2) is 0 Å². The van der Waals surface area contributed by atoms with Gasteiger partial charge in [0.2, 0.25) is 11.8 Å². The van der Waals surface area contributed by atoms with E-state index in [1.165, 1.54) is 18.4 Å². The number of anilines is 3. The van der Waals surface area contributed by atoms with Crippen LogP contribution >= 0.6 is 0 Å². The molecular weight excluding hydrogens is 564 g/mol. The number of hydrogen-bond acceptors (Lipinski definition) is 8. The van der Waals surface area contributed by atoms with Gasteiger partial charge in [0, 0.05) is 56.9 Å². The second-order valence-electron chi connectivity index (χ2n) is 14.3. The zero-order valence-corrected chi connectivity index (χ0v) is 27.9. The van der Waals surface area contributed by atoms with Crippen molar-refractivity contribution in [2.45, 2.75) is 84.7 Å². The van der Waals surface area contributed by atoms with Crippen LogP contribution in [-0.4, -0.2) is 84.6 Å². The van der Waals surface area contributed by atoms with Gasteiger partial charge in [-0.15, -0.1) is 0 Å². The summed E-state index contributed by atoms with van der Waals surface area (Å²) in [5.41, 5.74) is 2.69. The molecule has 2 aromatic rings. The molecule has 45 heavy (non-hydrogen) atoms. The van der Waals surface area contributed by atoms with Gasteiger partial charge in [-0.3, -0.25) is 14.5 Å². The van der Waals surface area contributed by atoms with E-state index in [0.717, 1.165) is 95.2 Å². The van der Waals surface area contributed by atoms with Crippen molar-refractivity contribution in [3.05, 3.63) is 42.2 Å². The highest BCUT2D eigenvalue weighted by atomic mass is 16.2. The first-order valence-corrected chi connectivity index (χ1v) is 17.1. The first-order chi connectivity index (χ1) is 21.6. The van der Waals surface area contributed by atoms with Crippen molar-refractivity contribution >= 4 is 29.1 Å². The number of piperidine rings is 2. The lowest BCUT2D eigenvalue weighted by molar-refractivity contribution is -0.125. The molecular formula is C35H54N8O2. The molecule has 1 spiro atoms. The summed E-state index contributed by atoms with van der Waals surface area (Å²) < 4.78 is 0. The number of nitrogens with one attached hydrogen (secondary N) is 3. The molecule has 1 unspecified atom stereocenters. The van der Waals surface area contributed by atoms with E-state index in [1.807, 2.05) is 13.0 Å². The van der Waals surface area contributed by atoms with Gasteiger partial charge in [0.25, 0.3) is 0 Å². The molecule has 2 amide bonds. The Kier molecular flexibility index (Phi) is 10.8. The molecule has 10 nitrogen and oxygen atoms in total. The number of benzene rings is 1. The van der Waals surface area contributed by atoms with Crippen LogP contribution in [0.2, 0.25) is 0 Å². The van der Waals surface area contributed by atoms with E-state index in [1.54, 1.807) is 6.33 Å². The molecule has 5 rings (SSSR count). The van der Waals surface area contributed by atoms with Gasteiger partial charge in [-0.05, 0) is 74.7 Å². The van der Waals surface area contributed by atoms with Crippen LogP contribution in [0.1, 0.15) is 78.2 Å². The fourth-order valence-corrected chi connectivity index (χ4v) is 6.86. The second kappa shape index (κ2) is 14.8. The van der Waals surface area contributed by atoms with Crippen LogP contribution in [0, 0.1) is 11.3 Å². The highest BCUT2D eigenvalue weighted by molar-refractivity contribution is 5.84. The van der Waals surface area contributed by atoms with Gasteiger partial charge in [0.1, 0.15) is 18.0 Å². The number of carbonyl (C=O) groups excluding carboxylic acids is 2. The minimum absolute atomic E-state index is 0.0649. The molecule has 3 aliphatic heterocycles. The van der Waals surface area contributed by atoms with Crippen LogP contribution in [0.3, 0.4) is 0 Å². The molecule has 0 saturated carbocycles. The summed E-state index contributed by atoms with van der Waals surface area (Å²) >= 11 is 0.